The SMILES string of the molecule is CNc1ncnc2[nH]cc(I)c12. The van der Waals surface area contributed by atoms with Crippen molar-refractivity contribution in [2.75, 3.05) is 12.4 Å². The van der Waals surface area contributed by atoms with Crippen LogP contribution in [0.5, 0.6) is 0 Å². The van der Waals surface area contributed by atoms with Crippen molar-refractivity contribution >= 4 is 39.4 Å². The van der Waals surface area contributed by atoms with Crippen molar-refractivity contribution in [3.63, 3.8) is 0 Å². The molecule has 0 aliphatic rings. The number of H-pyrrole nitrogens is 1. The smallest absolute Gasteiger partial charge is 0.143 e. The van der Waals surface area contributed by atoms with Gasteiger partial charge >= 0.3 is 0 Å². The maximum atomic E-state index is 4.11. The highest BCUT2D eigenvalue weighted by Crippen LogP contribution is 2.23. The van der Waals surface area contributed by atoms with Gasteiger partial charge in [-0.15, -0.1) is 0 Å². The quantitative estimate of drug-likeness (QED) is 0.777. The molecule has 12 heavy (non-hydrogen) atoms. The number of nitrogens with zero attached hydrogens (tertiary/aromatic N) is 2. The lowest BCUT2D eigenvalue weighted by molar-refractivity contribution is 1.19. The van der Waals surface area contributed by atoms with E-state index in [1.54, 1.807) is 6.33 Å². The molecule has 0 aliphatic carbocycles. The van der Waals surface area contributed by atoms with E-state index in [2.05, 4.69) is 42.9 Å². The number of fused-ring (bicyclic) bond motifs is 1. The largest absolute Gasteiger partial charge is 0.372 e. The number of halogens is 1. The van der Waals surface area contributed by atoms with Crippen molar-refractivity contribution in [3.8, 4) is 0 Å². The van der Waals surface area contributed by atoms with Gasteiger partial charge in [0, 0.05) is 16.8 Å². The number of aromatic amines is 1. The van der Waals surface area contributed by atoms with Crippen LogP contribution in [0.4, 0.5) is 5.82 Å². The Balaban J connectivity index is 2.84. The zero-order valence-electron chi connectivity index (χ0n) is 6.43. The van der Waals surface area contributed by atoms with Crippen molar-refractivity contribution in [1.29, 1.82) is 0 Å². The summed E-state index contributed by atoms with van der Waals surface area (Å²) in [4.78, 5) is 11.3. The molecule has 0 atom stereocenters. The molecule has 2 N–H and O–H groups in total. The van der Waals surface area contributed by atoms with Crippen LogP contribution in [-0.4, -0.2) is 22.0 Å². The van der Waals surface area contributed by atoms with Crippen LogP contribution in [0.3, 0.4) is 0 Å². The highest BCUT2D eigenvalue weighted by atomic mass is 127. The van der Waals surface area contributed by atoms with Crippen LogP contribution in [0.1, 0.15) is 0 Å². The molecular weight excluding hydrogens is 267 g/mol. The fourth-order valence-electron chi connectivity index (χ4n) is 1.11. The average molecular weight is 274 g/mol. The van der Waals surface area contributed by atoms with Crippen molar-refractivity contribution < 1.29 is 0 Å². The molecule has 0 amide bonds. The van der Waals surface area contributed by atoms with Crippen LogP contribution in [0.25, 0.3) is 11.0 Å². The van der Waals surface area contributed by atoms with E-state index in [0.29, 0.717) is 0 Å². The van der Waals surface area contributed by atoms with Crippen molar-refractivity contribution in [2.24, 2.45) is 0 Å². The second kappa shape index (κ2) is 2.89. The van der Waals surface area contributed by atoms with E-state index in [0.717, 1.165) is 20.4 Å². The van der Waals surface area contributed by atoms with Gasteiger partial charge in [-0.25, -0.2) is 9.97 Å². The first-order chi connectivity index (χ1) is 5.83. The van der Waals surface area contributed by atoms with Crippen molar-refractivity contribution in [3.05, 3.63) is 16.1 Å². The predicted octanol–water partition coefficient (Wildman–Crippen LogP) is 1.60. The summed E-state index contributed by atoms with van der Waals surface area (Å²) in [5.74, 6) is 0.866. The summed E-state index contributed by atoms with van der Waals surface area (Å²) in [5, 5.41) is 4.08. The molecule has 2 heterocycles. The Hall–Kier alpha value is -0.850. The number of hydrogen-bond acceptors (Lipinski definition) is 3. The number of aromatic nitrogens is 3. The average Bonchev–Trinajstić information content (AvgIpc) is 2.48. The van der Waals surface area contributed by atoms with Gasteiger partial charge in [0.1, 0.15) is 17.8 Å². The Kier molecular flexibility index (Phi) is 1.87. The molecule has 0 radical (unpaired) electrons. The van der Waals surface area contributed by atoms with Crippen LogP contribution in [0.15, 0.2) is 12.5 Å². The fourth-order valence-corrected chi connectivity index (χ4v) is 1.78. The number of anilines is 1. The predicted molar refractivity (Wildman–Crippen MR) is 56.2 cm³/mol. The summed E-state index contributed by atoms with van der Waals surface area (Å²) in [5.41, 5.74) is 0.874. The van der Waals surface area contributed by atoms with E-state index >= 15 is 0 Å². The van der Waals surface area contributed by atoms with Gasteiger partial charge < -0.3 is 10.3 Å². The molecular formula is C7H7IN4. The zero-order valence-corrected chi connectivity index (χ0v) is 8.58. The maximum absolute atomic E-state index is 4.11. The van der Waals surface area contributed by atoms with Gasteiger partial charge in [0.05, 0.1) is 5.39 Å². The van der Waals surface area contributed by atoms with Crippen LogP contribution in [0.2, 0.25) is 0 Å². The van der Waals surface area contributed by atoms with E-state index in [4.69, 9.17) is 0 Å². The van der Waals surface area contributed by atoms with Crippen molar-refractivity contribution in [2.45, 2.75) is 0 Å². The number of hydrogen-bond donors (Lipinski definition) is 2. The summed E-state index contributed by atoms with van der Waals surface area (Å²) in [6, 6.07) is 0. The summed E-state index contributed by atoms with van der Waals surface area (Å²) in [6.45, 7) is 0. The lowest BCUT2D eigenvalue weighted by atomic mass is 10.4. The van der Waals surface area contributed by atoms with Gasteiger partial charge in [0.15, 0.2) is 0 Å². The third kappa shape index (κ3) is 1.04. The third-order valence-corrected chi connectivity index (χ3v) is 2.51. The van der Waals surface area contributed by atoms with Gasteiger partial charge in [-0.2, -0.15) is 0 Å². The lowest BCUT2D eigenvalue weighted by Crippen LogP contribution is -1.93. The first-order valence-electron chi connectivity index (χ1n) is 3.48. The Bertz CT molecular complexity index is 409. The Morgan fingerprint density at radius 2 is 2.33 bits per heavy atom. The monoisotopic (exact) mass is 274 g/mol. The topological polar surface area (TPSA) is 53.6 Å². The first kappa shape index (κ1) is 7.78. The molecule has 62 valence electrons. The molecule has 0 unspecified atom stereocenters. The summed E-state index contributed by atoms with van der Waals surface area (Å²) in [7, 11) is 1.85. The summed E-state index contributed by atoms with van der Waals surface area (Å²) < 4.78 is 1.13. The second-order valence-electron chi connectivity index (χ2n) is 2.33. The summed E-state index contributed by atoms with van der Waals surface area (Å²) in [6.07, 6.45) is 3.46. The Morgan fingerprint density at radius 1 is 1.50 bits per heavy atom. The van der Waals surface area contributed by atoms with Crippen LogP contribution in [-0.2, 0) is 0 Å². The summed E-state index contributed by atoms with van der Waals surface area (Å²) >= 11 is 2.25. The van der Waals surface area contributed by atoms with E-state index in [9.17, 15) is 0 Å². The van der Waals surface area contributed by atoms with E-state index < -0.39 is 0 Å². The number of rotatable bonds is 1. The zero-order chi connectivity index (χ0) is 8.55. The van der Waals surface area contributed by atoms with Gasteiger partial charge in [-0.05, 0) is 22.6 Å². The normalized spacial score (nSPS) is 10.5. The minimum absolute atomic E-state index is 0.866. The molecule has 2 aromatic rings. The highest BCUT2D eigenvalue weighted by Gasteiger charge is 2.06. The Morgan fingerprint density at radius 3 is 3.08 bits per heavy atom. The van der Waals surface area contributed by atoms with Gasteiger partial charge in [0.2, 0.25) is 0 Å². The van der Waals surface area contributed by atoms with Crippen LogP contribution < -0.4 is 5.32 Å². The molecule has 2 rings (SSSR count). The lowest BCUT2D eigenvalue weighted by Gasteiger charge is -1.99. The third-order valence-electron chi connectivity index (χ3n) is 1.66. The van der Waals surface area contributed by atoms with E-state index in [-0.39, 0.29) is 0 Å². The molecule has 0 fully saturated rings. The van der Waals surface area contributed by atoms with Gasteiger partial charge in [0.25, 0.3) is 0 Å². The van der Waals surface area contributed by atoms with Crippen LogP contribution >= 0.6 is 22.6 Å². The Labute approximate surface area is 82.9 Å². The molecule has 0 saturated carbocycles. The molecule has 0 spiro atoms. The molecule has 0 bridgehead atoms. The van der Waals surface area contributed by atoms with Gasteiger partial charge in [-0.1, -0.05) is 0 Å². The molecule has 0 aliphatic heterocycles. The minimum atomic E-state index is 0.866. The molecule has 2 aromatic heterocycles. The standard InChI is InChI=1S/C7H7IN4/c1-9-6-5-4(8)2-10-7(5)12-3-11-6/h2-3H,1H3,(H2,9,10,11,12). The van der Waals surface area contributed by atoms with Gasteiger partial charge in [-0.3, -0.25) is 0 Å². The van der Waals surface area contributed by atoms with Crippen molar-refractivity contribution in [1.82, 2.24) is 15.0 Å². The molecule has 0 saturated heterocycles. The first-order valence-corrected chi connectivity index (χ1v) is 4.56. The minimum Gasteiger partial charge on any atom is -0.372 e. The molecule has 4 nitrogen and oxygen atoms in total. The molecule has 0 aromatic carbocycles. The maximum Gasteiger partial charge on any atom is 0.143 e. The number of nitrogens with one attached hydrogen (secondary N) is 2. The fraction of sp³-hybridized carbons (Fsp3) is 0.143. The van der Waals surface area contributed by atoms with Crippen LogP contribution in [0, 0.1) is 3.57 Å². The highest BCUT2D eigenvalue weighted by molar-refractivity contribution is 14.1. The van der Waals surface area contributed by atoms with E-state index in [1.165, 1.54) is 0 Å². The second-order valence-corrected chi connectivity index (χ2v) is 3.49. The van der Waals surface area contributed by atoms with E-state index in [1.807, 2.05) is 13.2 Å². The molecule has 5 heteroatoms.